The molecule has 5 nitrogen and oxygen atoms in total. The predicted molar refractivity (Wildman–Crippen MR) is 73.9 cm³/mol. The van der Waals surface area contributed by atoms with Gasteiger partial charge in [-0.3, -0.25) is 14.7 Å². The minimum absolute atomic E-state index is 0.00382. The molecule has 0 unspecified atom stereocenters. The number of anilines is 1. The molecule has 0 radical (unpaired) electrons. The van der Waals surface area contributed by atoms with E-state index in [1.807, 2.05) is 26.0 Å². The molecule has 0 aromatic carbocycles. The first-order chi connectivity index (χ1) is 9.16. The van der Waals surface area contributed by atoms with Crippen LogP contribution in [-0.2, 0) is 4.79 Å². The van der Waals surface area contributed by atoms with Gasteiger partial charge in [-0.25, -0.2) is 9.97 Å². The lowest BCUT2D eigenvalue weighted by molar-refractivity contribution is -0.119. The zero-order valence-corrected chi connectivity index (χ0v) is 11.3. The normalized spacial score (nSPS) is 15.7. The number of pyridine rings is 1. The smallest absolute Gasteiger partial charge is 0.229 e. The zero-order chi connectivity index (χ0) is 13.4. The Hall–Kier alpha value is -1.91. The van der Waals surface area contributed by atoms with Crippen LogP contribution >= 0.6 is 0 Å². The Morgan fingerprint density at radius 2 is 2.26 bits per heavy atom. The Labute approximate surface area is 112 Å². The summed E-state index contributed by atoms with van der Waals surface area (Å²) in [5.74, 6) is 0.579. The van der Waals surface area contributed by atoms with Gasteiger partial charge in [-0.2, -0.15) is 0 Å². The lowest BCUT2D eigenvalue weighted by Gasteiger charge is -2.28. The zero-order valence-electron chi connectivity index (χ0n) is 11.3. The fourth-order valence-electron chi connectivity index (χ4n) is 2.26. The van der Waals surface area contributed by atoms with E-state index in [1.54, 1.807) is 6.20 Å². The van der Waals surface area contributed by atoms with Crippen LogP contribution in [0.3, 0.4) is 0 Å². The van der Waals surface area contributed by atoms with Gasteiger partial charge in [-0.15, -0.1) is 0 Å². The molecule has 1 aliphatic carbocycles. The molecule has 0 atom stereocenters. The third kappa shape index (κ3) is 2.09. The van der Waals surface area contributed by atoms with Gasteiger partial charge in [0.1, 0.15) is 5.52 Å². The number of aromatic nitrogens is 3. The molecule has 2 aromatic heterocycles. The average molecular weight is 258 g/mol. The molecule has 0 spiro atoms. The molecule has 2 heterocycles. The molecule has 19 heavy (non-hydrogen) atoms. The molecule has 100 valence electrons. The van der Waals surface area contributed by atoms with Crippen LogP contribution in [0.5, 0.6) is 0 Å². The van der Waals surface area contributed by atoms with Crippen LogP contribution in [0.25, 0.3) is 11.2 Å². The molecule has 0 bridgehead atoms. The third-order valence-corrected chi connectivity index (χ3v) is 3.65. The van der Waals surface area contributed by atoms with Gasteiger partial charge in [0.15, 0.2) is 5.65 Å². The summed E-state index contributed by atoms with van der Waals surface area (Å²) in [5, 5.41) is 2.92. The molecule has 3 rings (SSSR count). The van der Waals surface area contributed by atoms with Crippen molar-refractivity contribution in [1.82, 2.24) is 14.5 Å². The van der Waals surface area contributed by atoms with E-state index in [-0.39, 0.29) is 11.8 Å². The molecule has 5 heteroatoms. The first-order valence-corrected chi connectivity index (χ1v) is 6.80. The minimum atomic E-state index is -0.0531. The second-order valence-corrected chi connectivity index (χ2v) is 5.38. The fourth-order valence-corrected chi connectivity index (χ4v) is 2.26. The molecule has 1 N–H and O–H groups in total. The Kier molecular flexibility index (Phi) is 2.97. The summed E-state index contributed by atoms with van der Waals surface area (Å²) in [6.07, 6.45) is 5.27. The Bertz CT molecular complexity index is 613. The maximum atomic E-state index is 11.9. The summed E-state index contributed by atoms with van der Waals surface area (Å²) in [6.45, 7) is 3.76. The fraction of sp³-hybridized carbons (Fsp3) is 0.500. The number of carbonyl (C=O) groups is 1. The summed E-state index contributed by atoms with van der Waals surface area (Å²) in [5.41, 5.74) is 1.71. The van der Waals surface area contributed by atoms with Crippen molar-refractivity contribution in [1.29, 1.82) is 0 Å². The lowest BCUT2D eigenvalue weighted by Crippen LogP contribution is -2.24. The van der Waals surface area contributed by atoms with Crippen molar-refractivity contribution in [2.45, 2.75) is 39.2 Å². The van der Waals surface area contributed by atoms with Crippen LogP contribution in [0.4, 0.5) is 5.95 Å². The number of rotatable bonds is 3. The highest BCUT2D eigenvalue weighted by Gasteiger charge is 2.26. The van der Waals surface area contributed by atoms with Crippen molar-refractivity contribution in [3.05, 3.63) is 18.3 Å². The number of imidazole rings is 1. The van der Waals surface area contributed by atoms with Crippen molar-refractivity contribution in [3.8, 4) is 0 Å². The lowest BCUT2D eigenvalue weighted by atomic mass is 9.93. The Balaban J connectivity index is 2.04. The van der Waals surface area contributed by atoms with E-state index < -0.39 is 0 Å². The molecule has 0 aliphatic heterocycles. The summed E-state index contributed by atoms with van der Waals surface area (Å²) in [4.78, 5) is 20.8. The van der Waals surface area contributed by atoms with E-state index in [9.17, 15) is 4.79 Å². The van der Waals surface area contributed by atoms with Crippen LogP contribution in [0, 0.1) is 5.92 Å². The molecular formula is C14H18N4O. The highest BCUT2D eigenvalue weighted by molar-refractivity contribution is 5.92. The van der Waals surface area contributed by atoms with Crippen molar-refractivity contribution >= 4 is 23.0 Å². The van der Waals surface area contributed by atoms with E-state index in [0.29, 0.717) is 12.0 Å². The van der Waals surface area contributed by atoms with E-state index in [0.717, 1.165) is 24.0 Å². The molecule has 1 aliphatic rings. The number of fused-ring (bicyclic) bond motifs is 1. The molecule has 1 fully saturated rings. The first kappa shape index (κ1) is 12.1. The second kappa shape index (κ2) is 4.64. The van der Waals surface area contributed by atoms with E-state index in [4.69, 9.17) is 0 Å². The molecule has 1 amide bonds. The summed E-state index contributed by atoms with van der Waals surface area (Å²) in [7, 11) is 0. The highest BCUT2D eigenvalue weighted by Crippen LogP contribution is 2.36. The van der Waals surface area contributed by atoms with Gasteiger partial charge in [-0.05, 0) is 31.4 Å². The van der Waals surface area contributed by atoms with Crippen molar-refractivity contribution in [3.63, 3.8) is 0 Å². The minimum Gasteiger partial charge on any atom is -0.296 e. The first-order valence-electron chi connectivity index (χ1n) is 6.80. The van der Waals surface area contributed by atoms with Crippen LogP contribution in [0.1, 0.15) is 39.2 Å². The van der Waals surface area contributed by atoms with E-state index in [2.05, 4.69) is 19.9 Å². The summed E-state index contributed by atoms with van der Waals surface area (Å²) < 4.78 is 2.08. The van der Waals surface area contributed by atoms with Gasteiger partial charge in [0, 0.05) is 18.2 Å². The van der Waals surface area contributed by atoms with Crippen LogP contribution < -0.4 is 5.32 Å². The van der Waals surface area contributed by atoms with Gasteiger partial charge in [0.25, 0.3) is 0 Å². The van der Waals surface area contributed by atoms with Crippen LogP contribution in [-0.4, -0.2) is 20.4 Å². The molecular weight excluding hydrogens is 240 g/mol. The monoisotopic (exact) mass is 258 g/mol. The SMILES string of the molecule is CC(C)C(=O)Nc1nc2cccnc2n1C1CCC1. The Morgan fingerprint density at radius 1 is 1.47 bits per heavy atom. The van der Waals surface area contributed by atoms with Gasteiger partial charge >= 0.3 is 0 Å². The largest absolute Gasteiger partial charge is 0.296 e. The van der Waals surface area contributed by atoms with Crippen molar-refractivity contribution in [2.75, 3.05) is 5.32 Å². The van der Waals surface area contributed by atoms with Crippen LogP contribution in [0.15, 0.2) is 18.3 Å². The number of carbonyl (C=O) groups excluding carboxylic acids is 1. The molecule has 1 saturated carbocycles. The second-order valence-electron chi connectivity index (χ2n) is 5.38. The summed E-state index contributed by atoms with van der Waals surface area (Å²) >= 11 is 0. The highest BCUT2D eigenvalue weighted by atomic mass is 16.2. The number of nitrogens with zero attached hydrogens (tertiary/aromatic N) is 3. The number of hydrogen-bond acceptors (Lipinski definition) is 3. The standard InChI is InChI=1S/C14H18N4O/c1-9(2)13(19)17-14-16-11-7-4-8-15-12(11)18(14)10-5-3-6-10/h4,7-10H,3,5-6H2,1-2H3,(H,16,17,19). The number of nitrogens with one attached hydrogen (secondary N) is 1. The Morgan fingerprint density at radius 3 is 2.89 bits per heavy atom. The van der Waals surface area contributed by atoms with E-state index >= 15 is 0 Å². The number of amides is 1. The molecule has 0 saturated heterocycles. The van der Waals surface area contributed by atoms with Gasteiger partial charge in [0.2, 0.25) is 11.9 Å². The molecule has 2 aromatic rings. The maximum absolute atomic E-state index is 11.9. The van der Waals surface area contributed by atoms with Gasteiger partial charge < -0.3 is 0 Å². The van der Waals surface area contributed by atoms with Crippen molar-refractivity contribution in [2.24, 2.45) is 5.92 Å². The third-order valence-electron chi connectivity index (χ3n) is 3.65. The van der Waals surface area contributed by atoms with Gasteiger partial charge in [-0.1, -0.05) is 13.8 Å². The predicted octanol–water partition coefficient (Wildman–Crippen LogP) is 2.75. The van der Waals surface area contributed by atoms with Gasteiger partial charge in [0.05, 0.1) is 0 Å². The average Bonchev–Trinajstić information content (AvgIpc) is 2.66. The van der Waals surface area contributed by atoms with Crippen molar-refractivity contribution < 1.29 is 4.79 Å². The van der Waals surface area contributed by atoms with E-state index in [1.165, 1.54) is 6.42 Å². The van der Waals surface area contributed by atoms with Crippen LogP contribution in [0.2, 0.25) is 0 Å². The summed E-state index contributed by atoms with van der Waals surface area (Å²) in [6, 6.07) is 4.22. The topological polar surface area (TPSA) is 59.8 Å². The quantitative estimate of drug-likeness (QED) is 0.920. The maximum Gasteiger partial charge on any atom is 0.229 e. The number of hydrogen-bond donors (Lipinski definition) is 1.